The zero-order valence-corrected chi connectivity index (χ0v) is 29.6. The summed E-state index contributed by atoms with van der Waals surface area (Å²) in [5.74, 6) is 0.719. The van der Waals surface area contributed by atoms with Gasteiger partial charge >= 0.3 is 0 Å². The van der Waals surface area contributed by atoms with Crippen molar-refractivity contribution in [2.45, 2.75) is 31.7 Å². The predicted molar refractivity (Wildman–Crippen MR) is 218 cm³/mol. The van der Waals surface area contributed by atoms with E-state index in [-0.39, 0.29) is 11.5 Å². The second-order valence-electron chi connectivity index (χ2n) is 14.2. The van der Waals surface area contributed by atoms with Crippen molar-refractivity contribution >= 4 is 44.7 Å². The third-order valence-corrected chi connectivity index (χ3v) is 10.7. The molecule has 0 saturated carbocycles. The van der Waals surface area contributed by atoms with Crippen molar-refractivity contribution in [2.75, 3.05) is 16.3 Å². The number of hydrogen-bond donors (Lipinski definition) is 0. The summed E-state index contributed by atoms with van der Waals surface area (Å²) in [4.78, 5) is 15.5. The lowest BCUT2D eigenvalue weighted by Gasteiger charge is -2.37. The standard InChI is InChI=1S/C48H40N4/c1-33(2)45(36-20-10-5-11-21-36)52(38-22-12-6-13-23-38)46-34(3)26-27-37-30-41-43(31-40(37)46)51(32-48(41)28-16-7-17-29-48)47-49-42-25-15-14-24-39(42)44(50-47)35-18-8-4-9-19-35/h4-28,30-31,45H,1,29,32H2,2-3H3. The highest BCUT2D eigenvalue weighted by atomic mass is 15.3. The van der Waals surface area contributed by atoms with Gasteiger partial charge in [-0.05, 0) is 72.7 Å². The summed E-state index contributed by atoms with van der Waals surface area (Å²) >= 11 is 0. The fraction of sp³-hybridized carbons (Fsp3) is 0.125. The first-order chi connectivity index (χ1) is 25.5. The number of para-hydroxylation sites is 2. The number of anilines is 4. The van der Waals surface area contributed by atoms with E-state index in [0.717, 1.165) is 58.0 Å². The zero-order chi connectivity index (χ0) is 35.2. The molecule has 1 aromatic heterocycles. The number of benzene rings is 6. The van der Waals surface area contributed by atoms with E-state index in [9.17, 15) is 0 Å². The molecule has 2 aliphatic rings. The Kier molecular flexibility index (Phi) is 7.81. The molecule has 2 atom stereocenters. The number of aromatic nitrogens is 2. The molecular weight excluding hydrogens is 633 g/mol. The second kappa shape index (κ2) is 12.8. The molecule has 7 aromatic rings. The first-order valence-electron chi connectivity index (χ1n) is 18.1. The molecule has 0 fully saturated rings. The van der Waals surface area contributed by atoms with E-state index < -0.39 is 0 Å². The van der Waals surface area contributed by atoms with Crippen LogP contribution < -0.4 is 9.80 Å². The monoisotopic (exact) mass is 672 g/mol. The van der Waals surface area contributed by atoms with E-state index in [1.54, 1.807) is 0 Å². The molecular formula is C48H40N4. The molecule has 4 nitrogen and oxygen atoms in total. The fourth-order valence-corrected chi connectivity index (χ4v) is 8.29. The minimum Gasteiger partial charge on any atom is -0.329 e. The average molecular weight is 673 g/mol. The van der Waals surface area contributed by atoms with Crippen molar-refractivity contribution in [3.8, 4) is 11.3 Å². The first kappa shape index (κ1) is 31.7. The summed E-state index contributed by atoms with van der Waals surface area (Å²) in [6.07, 6.45) is 9.96. The molecule has 1 aliphatic carbocycles. The highest BCUT2D eigenvalue weighted by molar-refractivity contribution is 6.02. The van der Waals surface area contributed by atoms with E-state index >= 15 is 0 Å². The molecule has 0 N–H and O–H groups in total. The molecule has 9 rings (SSSR count). The van der Waals surface area contributed by atoms with Gasteiger partial charge in [-0.3, -0.25) is 0 Å². The van der Waals surface area contributed by atoms with Crippen molar-refractivity contribution in [3.05, 3.63) is 193 Å². The molecule has 52 heavy (non-hydrogen) atoms. The Hall–Kier alpha value is -6.26. The number of nitrogens with zero attached hydrogens (tertiary/aromatic N) is 4. The molecule has 6 aromatic carbocycles. The zero-order valence-electron chi connectivity index (χ0n) is 29.6. The molecule has 0 amide bonds. The van der Waals surface area contributed by atoms with Gasteiger partial charge in [-0.25, -0.2) is 9.97 Å². The van der Waals surface area contributed by atoms with Crippen LogP contribution >= 0.6 is 0 Å². The smallest absolute Gasteiger partial charge is 0.231 e. The molecule has 252 valence electrons. The van der Waals surface area contributed by atoms with Crippen LogP contribution in [0.3, 0.4) is 0 Å². The minimum atomic E-state index is -0.200. The number of rotatable bonds is 7. The Balaban J connectivity index is 1.31. The van der Waals surface area contributed by atoms with Gasteiger partial charge in [0.1, 0.15) is 0 Å². The first-order valence-corrected chi connectivity index (χ1v) is 18.1. The van der Waals surface area contributed by atoms with Gasteiger partial charge in [0.25, 0.3) is 0 Å². The molecule has 0 saturated heterocycles. The summed E-state index contributed by atoms with van der Waals surface area (Å²) in [6.45, 7) is 9.68. The third kappa shape index (κ3) is 5.30. The maximum absolute atomic E-state index is 5.37. The van der Waals surface area contributed by atoms with E-state index in [4.69, 9.17) is 9.97 Å². The van der Waals surface area contributed by atoms with Crippen LogP contribution in [0.25, 0.3) is 32.9 Å². The molecule has 0 bridgehead atoms. The van der Waals surface area contributed by atoms with Crippen LogP contribution in [0.5, 0.6) is 0 Å². The molecule has 1 aliphatic heterocycles. The van der Waals surface area contributed by atoms with Crippen LogP contribution in [0.4, 0.5) is 23.0 Å². The quantitative estimate of drug-likeness (QED) is 0.158. The Morgan fingerprint density at radius 2 is 1.48 bits per heavy atom. The van der Waals surface area contributed by atoms with Crippen molar-refractivity contribution < 1.29 is 0 Å². The van der Waals surface area contributed by atoms with Crippen molar-refractivity contribution in [1.29, 1.82) is 0 Å². The lowest BCUT2D eigenvalue weighted by Crippen LogP contribution is -2.30. The maximum Gasteiger partial charge on any atom is 0.231 e. The number of fused-ring (bicyclic) bond motifs is 4. The lowest BCUT2D eigenvalue weighted by molar-refractivity contribution is 0.577. The maximum atomic E-state index is 5.37. The van der Waals surface area contributed by atoms with Gasteiger partial charge in [-0.2, -0.15) is 0 Å². The Morgan fingerprint density at radius 3 is 2.21 bits per heavy atom. The summed E-state index contributed by atoms with van der Waals surface area (Å²) in [5.41, 5.74) is 11.0. The second-order valence-corrected chi connectivity index (χ2v) is 14.2. The van der Waals surface area contributed by atoms with Gasteiger partial charge in [-0.15, -0.1) is 0 Å². The van der Waals surface area contributed by atoms with Gasteiger partial charge in [0.15, 0.2) is 0 Å². The average Bonchev–Trinajstić information content (AvgIpc) is 3.49. The number of aryl methyl sites for hydroxylation is 1. The van der Waals surface area contributed by atoms with Gasteiger partial charge in [-0.1, -0.05) is 146 Å². The van der Waals surface area contributed by atoms with E-state index in [2.05, 4.69) is 194 Å². The van der Waals surface area contributed by atoms with Crippen LogP contribution in [0.2, 0.25) is 0 Å². The van der Waals surface area contributed by atoms with Gasteiger partial charge < -0.3 is 9.80 Å². The molecule has 0 radical (unpaired) electrons. The molecule has 4 heteroatoms. The molecule has 2 heterocycles. The Bertz CT molecular complexity index is 2520. The third-order valence-electron chi connectivity index (χ3n) is 10.7. The SMILES string of the molecule is C=C(C)C(c1ccccc1)N(c1ccccc1)c1c(C)ccc2cc3c(cc12)N(c1nc(-c2ccccc2)c2ccccc2n1)CC31C=CC=CC1. The topological polar surface area (TPSA) is 32.3 Å². The van der Waals surface area contributed by atoms with Crippen LogP contribution in [0.15, 0.2) is 176 Å². The van der Waals surface area contributed by atoms with Crippen LogP contribution in [-0.2, 0) is 5.41 Å². The number of allylic oxidation sites excluding steroid dienone is 3. The largest absolute Gasteiger partial charge is 0.329 e. The number of hydrogen-bond acceptors (Lipinski definition) is 4. The summed E-state index contributed by atoms with van der Waals surface area (Å²) < 4.78 is 0. The molecule has 1 spiro atoms. The van der Waals surface area contributed by atoms with Crippen molar-refractivity contribution in [1.82, 2.24) is 9.97 Å². The van der Waals surface area contributed by atoms with Crippen molar-refractivity contribution in [3.63, 3.8) is 0 Å². The normalized spacial score (nSPS) is 16.8. The minimum absolute atomic E-state index is 0.0766. The predicted octanol–water partition coefficient (Wildman–Crippen LogP) is 12.1. The van der Waals surface area contributed by atoms with Crippen LogP contribution in [0.1, 0.15) is 36.1 Å². The highest BCUT2D eigenvalue weighted by Gasteiger charge is 2.43. The fourth-order valence-electron chi connectivity index (χ4n) is 8.29. The summed E-state index contributed by atoms with van der Waals surface area (Å²) in [7, 11) is 0. The highest BCUT2D eigenvalue weighted by Crippen LogP contribution is 2.52. The van der Waals surface area contributed by atoms with E-state index in [1.165, 1.54) is 33.2 Å². The van der Waals surface area contributed by atoms with E-state index in [0.29, 0.717) is 0 Å². The Labute approximate surface area is 305 Å². The lowest BCUT2D eigenvalue weighted by atomic mass is 9.76. The summed E-state index contributed by atoms with van der Waals surface area (Å²) in [5, 5.41) is 3.45. The van der Waals surface area contributed by atoms with Gasteiger partial charge in [0, 0.05) is 39.7 Å². The van der Waals surface area contributed by atoms with Crippen molar-refractivity contribution in [2.24, 2.45) is 0 Å². The van der Waals surface area contributed by atoms with Crippen LogP contribution in [-0.4, -0.2) is 16.5 Å². The Morgan fingerprint density at radius 1 is 0.769 bits per heavy atom. The van der Waals surface area contributed by atoms with Gasteiger partial charge in [0.05, 0.1) is 22.9 Å². The summed E-state index contributed by atoms with van der Waals surface area (Å²) in [6, 6.07) is 49.6. The van der Waals surface area contributed by atoms with Gasteiger partial charge in [0.2, 0.25) is 5.95 Å². The van der Waals surface area contributed by atoms with E-state index in [1.807, 2.05) is 0 Å². The van der Waals surface area contributed by atoms with Crippen LogP contribution in [0, 0.1) is 6.92 Å². The molecule has 2 unspecified atom stereocenters.